The number of amides is 1. The van der Waals surface area contributed by atoms with Crippen LogP contribution in [-0.4, -0.2) is 25.0 Å². The van der Waals surface area contributed by atoms with Crippen LogP contribution >= 0.6 is 15.9 Å². The molecular formula is C19H26BrNO3. The number of hydrogen-bond donors (Lipinski definition) is 1. The van der Waals surface area contributed by atoms with Gasteiger partial charge >= 0.3 is 5.97 Å². The summed E-state index contributed by atoms with van der Waals surface area (Å²) in [5.41, 5.74) is 2.58. The third-order valence-electron chi connectivity index (χ3n) is 4.78. The van der Waals surface area contributed by atoms with Crippen molar-refractivity contribution in [3.63, 3.8) is 0 Å². The summed E-state index contributed by atoms with van der Waals surface area (Å²) in [6.45, 7) is 3.90. The maximum atomic E-state index is 12.6. The number of esters is 1. The van der Waals surface area contributed by atoms with Crippen molar-refractivity contribution >= 4 is 27.8 Å². The summed E-state index contributed by atoms with van der Waals surface area (Å²) in [5.74, 6) is -0.101. The van der Waals surface area contributed by atoms with E-state index in [1.807, 2.05) is 26.0 Å². The fourth-order valence-electron chi connectivity index (χ4n) is 3.43. The second kappa shape index (κ2) is 8.65. The summed E-state index contributed by atoms with van der Waals surface area (Å²) in [6.07, 6.45) is 6.59. The second-order valence-electron chi connectivity index (χ2n) is 6.71. The predicted octanol–water partition coefficient (Wildman–Crippen LogP) is 4.31. The third-order valence-corrected chi connectivity index (χ3v) is 6.03. The quantitative estimate of drug-likeness (QED) is 0.755. The minimum Gasteiger partial charge on any atom is -0.467 e. The molecule has 1 atom stereocenters. The van der Waals surface area contributed by atoms with Crippen molar-refractivity contribution in [1.82, 2.24) is 5.32 Å². The SMILES string of the molecule is COC(=O)[C@H](CC1CCCCC1)NC(=O)c1cc(C)c(Br)c(C)c1. The van der Waals surface area contributed by atoms with Crippen LogP contribution in [0.15, 0.2) is 16.6 Å². The highest BCUT2D eigenvalue weighted by Gasteiger charge is 2.27. The molecule has 0 unspecified atom stereocenters. The summed E-state index contributed by atoms with van der Waals surface area (Å²) in [4.78, 5) is 24.7. The average Bonchev–Trinajstić information content (AvgIpc) is 2.58. The monoisotopic (exact) mass is 395 g/mol. The van der Waals surface area contributed by atoms with Gasteiger partial charge in [0.2, 0.25) is 0 Å². The number of benzene rings is 1. The van der Waals surface area contributed by atoms with Gasteiger partial charge < -0.3 is 10.1 Å². The molecule has 1 N–H and O–H groups in total. The van der Waals surface area contributed by atoms with Crippen LogP contribution in [0.5, 0.6) is 0 Å². The molecule has 5 heteroatoms. The number of methoxy groups -OCH3 is 1. The molecule has 4 nitrogen and oxygen atoms in total. The molecule has 0 aromatic heterocycles. The van der Waals surface area contributed by atoms with E-state index in [9.17, 15) is 9.59 Å². The number of hydrogen-bond acceptors (Lipinski definition) is 3. The van der Waals surface area contributed by atoms with E-state index < -0.39 is 6.04 Å². The van der Waals surface area contributed by atoms with Crippen LogP contribution in [0.1, 0.15) is 60.0 Å². The van der Waals surface area contributed by atoms with Crippen molar-refractivity contribution in [1.29, 1.82) is 0 Å². The molecule has 1 aliphatic rings. The summed E-state index contributed by atoms with van der Waals surface area (Å²) >= 11 is 3.51. The van der Waals surface area contributed by atoms with Crippen LogP contribution in [0.2, 0.25) is 0 Å². The van der Waals surface area contributed by atoms with Gasteiger partial charge in [0.05, 0.1) is 7.11 Å². The van der Waals surface area contributed by atoms with Gasteiger partial charge in [-0.05, 0) is 49.4 Å². The van der Waals surface area contributed by atoms with Gasteiger partial charge in [-0.25, -0.2) is 4.79 Å². The van der Waals surface area contributed by atoms with E-state index in [1.54, 1.807) is 0 Å². The van der Waals surface area contributed by atoms with Gasteiger partial charge in [0, 0.05) is 10.0 Å². The highest BCUT2D eigenvalue weighted by atomic mass is 79.9. The maximum Gasteiger partial charge on any atom is 0.328 e. The van der Waals surface area contributed by atoms with E-state index in [1.165, 1.54) is 26.4 Å². The summed E-state index contributed by atoms with van der Waals surface area (Å²) < 4.78 is 5.90. The Labute approximate surface area is 152 Å². The van der Waals surface area contributed by atoms with Crippen molar-refractivity contribution < 1.29 is 14.3 Å². The van der Waals surface area contributed by atoms with Crippen LogP contribution < -0.4 is 5.32 Å². The third kappa shape index (κ3) is 4.82. The van der Waals surface area contributed by atoms with E-state index in [0.29, 0.717) is 17.9 Å². The minimum atomic E-state index is -0.574. The first-order valence-corrected chi connectivity index (χ1v) is 9.37. The summed E-state index contributed by atoms with van der Waals surface area (Å²) in [7, 11) is 1.37. The lowest BCUT2D eigenvalue weighted by molar-refractivity contribution is -0.143. The van der Waals surface area contributed by atoms with Crippen molar-refractivity contribution in [2.75, 3.05) is 7.11 Å². The highest BCUT2D eigenvalue weighted by molar-refractivity contribution is 9.10. The van der Waals surface area contributed by atoms with Gasteiger partial charge in [0.25, 0.3) is 5.91 Å². The number of carbonyl (C=O) groups is 2. The molecule has 0 saturated heterocycles. The normalized spacial score (nSPS) is 16.5. The van der Waals surface area contributed by atoms with Crippen molar-refractivity contribution in [3.8, 4) is 0 Å². The van der Waals surface area contributed by atoms with Gasteiger partial charge in [0.1, 0.15) is 6.04 Å². The number of aryl methyl sites for hydroxylation is 2. The molecule has 1 saturated carbocycles. The van der Waals surface area contributed by atoms with Gasteiger partial charge in [0.15, 0.2) is 0 Å². The van der Waals surface area contributed by atoms with Crippen molar-refractivity contribution in [3.05, 3.63) is 33.3 Å². The number of rotatable bonds is 5. The van der Waals surface area contributed by atoms with Gasteiger partial charge in [-0.15, -0.1) is 0 Å². The molecule has 24 heavy (non-hydrogen) atoms. The van der Waals surface area contributed by atoms with Crippen LogP contribution in [0, 0.1) is 19.8 Å². The lowest BCUT2D eigenvalue weighted by Gasteiger charge is -2.26. The first kappa shape index (κ1) is 19.0. The summed E-state index contributed by atoms with van der Waals surface area (Å²) in [6, 6.07) is 3.10. The van der Waals surface area contributed by atoms with E-state index in [-0.39, 0.29) is 11.9 Å². The van der Waals surface area contributed by atoms with E-state index in [4.69, 9.17) is 4.74 Å². The van der Waals surface area contributed by atoms with Crippen LogP contribution in [0.25, 0.3) is 0 Å². The Balaban J connectivity index is 2.10. The second-order valence-corrected chi connectivity index (χ2v) is 7.51. The lowest BCUT2D eigenvalue weighted by Crippen LogP contribution is -2.43. The fourth-order valence-corrected chi connectivity index (χ4v) is 3.66. The van der Waals surface area contributed by atoms with E-state index in [0.717, 1.165) is 28.4 Å². The largest absolute Gasteiger partial charge is 0.467 e. The first-order chi connectivity index (χ1) is 11.4. The predicted molar refractivity (Wildman–Crippen MR) is 98.1 cm³/mol. The Morgan fingerprint density at radius 3 is 2.33 bits per heavy atom. The Morgan fingerprint density at radius 2 is 1.79 bits per heavy atom. The molecule has 0 heterocycles. The molecule has 1 aromatic rings. The average molecular weight is 396 g/mol. The van der Waals surface area contributed by atoms with E-state index >= 15 is 0 Å². The van der Waals surface area contributed by atoms with Crippen LogP contribution in [-0.2, 0) is 9.53 Å². The molecule has 0 aliphatic heterocycles. The zero-order valence-corrected chi connectivity index (χ0v) is 16.2. The minimum absolute atomic E-state index is 0.222. The number of carbonyl (C=O) groups excluding carboxylic acids is 2. The van der Waals surface area contributed by atoms with Crippen LogP contribution in [0.4, 0.5) is 0 Å². The highest BCUT2D eigenvalue weighted by Crippen LogP contribution is 2.28. The molecule has 0 spiro atoms. The van der Waals surface area contributed by atoms with Crippen molar-refractivity contribution in [2.24, 2.45) is 5.92 Å². The van der Waals surface area contributed by atoms with E-state index in [2.05, 4.69) is 21.2 Å². The van der Waals surface area contributed by atoms with Gasteiger partial charge in [-0.1, -0.05) is 48.0 Å². The van der Waals surface area contributed by atoms with Gasteiger partial charge in [-0.2, -0.15) is 0 Å². The van der Waals surface area contributed by atoms with Crippen molar-refractivity contribution in [2.45, 2.75) is 58.4 Å². The smallest absolute Gasteiger partial charge is 0.328 e. The fraction of sp³-hybridized carbons (Fsp3) is 0.579. The summed E-state index contributed by atoms with van der Waals surface area (Å²) in [5, 5.41) is 2.88. The zero-order chi connectivity index (χ0) is 17.7. The van der Waals surface area contributed by atoms with Gasteiger partial charge in [-0.3, -0.25) is 4.79 Å². The Hall–Kier alpha value is -1.36. The lowest BCUT2D eigenvalue weighted by atomic mass is 9.84. The maximum absolute atomic E-state index is 12.6. The Kier molecular flexibility index (Phi) is 6.84. The zero-order valence-electron chi connectivity index (χ0n) is 14.7. The number of ether oxygens (including phenoxy) is 1. The molecule has 0 bridgehead atoms. The first-order valence-electron chi connectivity index (χ1n) is 8.57. The molecule has 132 valence electrons. The Morgan fingerprint density at radius 1 is 1.21 bits per heavy atom. The molecular weight excluding hydrogens is 370 g/mol. The molecule has 1 fully saturated rings. The molecule has 1 aliphatic carbocycles. The molecule has 2 rings (SSSR count). The molecule has 0 radical (unpaired) electrons. The number of halogens is 1. The Bertz CT molecular complexity index is 586. The number of nitrogens with one attached hydrogen (secondary N) is 1. The topological polar surface area (TPSA) is 55.4 Å². The molecule has 1 aromatic carbocycles. The molecule has 1 amide bonds. The van der Waals surface area contributed by atoms with Crippen LogP contribution in [0.3, 0.4) is 0 Å². The standard InChI is InChI=1S/C19H26BrNO3/c1-12-9-15(10-13(2)17(12)20)18(22)21-16(19(23)24-3)11-14-7-5-4-6-8-14/h9-10,14,16H,4-8,11H2,1-3H3,(H,21,22)/t16-/m0/s1.